The molecule has 0 spiro atoms. The van der Waals surface area contributed by atoms with Crippen molar-refractivity contribution >= 4 is 40.4 Å². The first-order valence-corrected chi connectivity index (χ1v) is 5.52. The minimum atomic E-state index is 0.303. The number of aromatic nitrogens is 1. The Balaban J connectivity index is 2.60. The van der Waals surface area contributed by atoms with Crippen LogP contribution in [0.3, 0.4) is 0 Å². The highest BCUT2D eigenvalue weighted by molar-refractivity contribution is 7.08. The van der Waals surface area contributed by atoms with E-state index in [9.17, 15) is 0 Å². The van der Waals surface area contributed by atoms with Gasteiger partial charge in [-0.05, 0) is 17.5 Å². The van der Waals surface area contributed by atoms with Gasteiger partial charge in [-0.2, -0.15) is 11.3 Å². The molecule has 2 heterocycles. The van der Waals surface area contributed by atoms with Gasteiger partial charge in [0.25, 0.3) is 0 Å². The summed E-state index contributed by atoms with van der Waals surface area (Å²) in [4.78, 5) is 4.14. The van der Waals surface area contributed by atoms with Gasteiger partial charge in [0.15, 0.2) is 0 Å². The topological polar surface area (TPSA) is 38.9 Å². The van der Waals surface area contributed by atoms with E-state index in [4.69, 9.17) is 28.9 Å². The Kier molecular flexibility index (Phi) is 2.63. The lowest BCUT2D eigenvalue weighted by atomic mass is 10.2. The van der Waals surface area contributed by atoms with E-state index in [2.05, 4.69) is 4.98 Å². The molecule has 0 radical (unpaired) electrons. The van der Waals surface area contributed by atoms with Crippen molar-refractivity contribution in [2.24, 2.45) is 0 Å². The zero-order valence-electron chi connectivity index (χ0n) is 7.00. The first kappa shape index (κ1) is 9.77. The molecule has 2 nitrogen and oxygen atoms in total. The van der Waals surface area contributed by atoms with Crippen molar-refractivity contribution in [2.45, 2.75) is 0 Å². The number of thiophene rings is 1. The molecule has 2 aromatic rings. The second-order valence-corrected chi connectivity index (χ2v) is 4.29. The Labute approximate surface area is 95.3 Å². The van der Waals surface area contributed by atoms with E-state index in [1.54, 1.807) is 17.4 Å². The molecule has 0 amide bonds. The van der Waals surface area contributed by atoms with Gasteiger partial charge in [-0.1, -0.05) is 23.2 Å². The highest BCUT2D eigenvalue weighted by Crippen LogP contribution is 2.31. The lowest BCUT2D eigenvalue weighted by Crippen LogP contribution is -1.93. The molecule has 2 N–H and O–H groups in total. The second-order valence-electron chi connectivity index (χ2n) is 2.70. The molecule has 0 aromatic carbocycles. The zero-order chi connectivity index (χ0) is 10.1. The maximum atomic E-state index is 6.00. The quantitative estimate of drug-likeness (QED) is 0.831. The van der Waals surface area contributed by atoms with Crippen LogP contribution in [0.1, 0.15) is 0 Å². The summed E-state index contributed by atoms with van der Waals surface area (Å²) in [5.41, 5.74) is 7.23. The van der Waals surface area contributed by atoms with Crippen molar-refractivity contribution in [3.63, 3.8) is 0 Å². The summed E-state index contributed by atoms with van der Waals surface area (Å²) in [6.45, 7) is 0. The van der Waals surface area contributed by atoms with Gasteiger partial charge in [-0.25, -0.2) is 4.98 Å². The maximum absolute atomic E-state index is 6.00. The van der Waals surface area contributed by atoms with E-state index >= 15 is 0 Å². The van der Waals surface area contributed by atoms with Crippen molar-refractivity contribution in [1.29, 1.82) is 0 Å². The molecule has 0 bridgehead atoms. The summed E-state index contributed by atoms with van der Waals surface area (Å²) in [6, 6.07) is 3.55. The summed E-state index contributed by atoms with van der Waals surface area (Å²) in [5, 5.41) is 4.82. The van der Waals surface area contributed by atoms with Crippen molar-refractivity contribution < 1.29 is 0 Å². The van der Waals surface area contributed by atoms with Crippen LogP contribution in [0, 0.1) is 0 Å². The first-order valence-electron chi connectivity index (χ1n) is 3.82. The fraction of sp³-hybridized carbons (Fsp3) is 0. The van der Waals surface area contributed by atoms with Crippen LogP contribution < -0.4 is 5.73 Å². The third-order valence-electron chi connectivity index (χ3n) is 1.75. The Hall–Kier alpha value is -0.770. The Morgan fingerprint density at radius 2 is 2.07 bits per heavy atom. The molecule has 2 rings (SSSR count). The van der Waals surface area contributed by atoms with Crippen LogP contribution in [0.2, 0.25) is 10.0 Å². The molecule has 0 saturated carbocycles. The third-order valence-corrected chi connectivity index (χ3v) is 3.03. The molecule has 5 heteroatoms. The van der Waals surface area contributed by atoms with Gasteiger partial charge < -0.3 is 5.73 Å². The fourth-order valence-corrected chi connectivity index (χ4v) is 2.19. The van der Waals surface area contributed by atoms with Crippen LogP contribution in [-0.4, -0.2) is 4.98 Å². The van der Waals surface area contributed by atoms with E-state index in [-0.39, 0.29) is 0 Å². The Bertz CT molecular complexity index is 454. The van der Waals surface area contributed by atoms with Crippen LogP contribution in [0.4, 0.5) is 5.82 Å². The molecule has 0 atom stereocenters. The summed E-state index contributed by atoms with van der Waals surface area (Å²) in [5.74, 6) is 0.303. The SMILES string of the molecule is Nc1nc(-c2ccsc2)c(Cl)cc1Cl. The standard InChI is InChI=1S/C9H6Cl2N2S/c10-6-3-7(11)9(12)13-8(6)5-1-2-14-4-5/h1-4H,(H2,12,13). The molecule has 0 aliphatic rings. The van der Waals surface area contributed by atoms with Crippen LogP contribution in [-0.2, 0) is 0 Å². The van der Waals surface area contributed by atoms with Crippen molar-refractivity contribution in [3.05, 3.63) is 32.9 Å². The second kappa shape index (κ2) is 3.77. The maximum Gasteiger partial charge on any atom is 0.143 e. The van der Waals surface area contributed by atoms with Crippen molar-refractivity contribution in [3.8, 4) is 11.3 Å². The zero-order valence-corrected chi connectivity index (χ0v) is 9.33. The highest BCUT2D eigenvalue weighted by atomic mass is 35.5. The van der Waals surface area contributed by atoms with Crippen LogP contribution in [0.5, 0.6) is 0 Å². The number of anilines is 1. The van der Waals surface area contributed by atoms with Gasteiger partial charge in [-0.3, -0.25) is 0 Å². The minimum absolute atomic E-state index is 0.303. The molecule has 14 heavy (non-hydrogen) atoms. The monoisotopic (exact) mass is 244 g/mol. The van der Waals surface area contributed by atoms with Crippen LogP contribution >= 0.6 is 34.5 Å². The highest BCUT2D eigenvalue weighted by Gasteiger charge is 2.09. The largest absolute Gasteiger partial charge is 0.382 e. The van der Waals surface area contributed by atoms with Gasteiger partial charge in [0, 0.05) is 10.9 Å². The molecule has 72 valence electrons. The molecule has 2 aromatic heterocycles. The van der Waals surface area contributed by atoms with E-state index < -0.39 is 0 Å². The van der Waals surface area contributed by atoms with Crippen LogP contribution in [0.15, 0.2) is 22.9 Å². The van der Waals surface area contributed by atoms with Gasteiger partial charge in [-0.15, -0.1) is 0 Å². The molecule has 0 saturated heterocycles. The van der Waals surface area contributed by atoms with E-state index in [0.29, 0.717) is 21.6 Å². The molecule has 0 aliphatic carbocycles. The molecular formula is C9H6Cl2N2S. The third kappa shape index (κ3) is 1.71. The van der Waals surface area contributed by atoms with Gasteiger partial charge >= 0.3 is 0 Å². The number of hydrogen-bond acceptors (Lipinski definition) is 3. The van der Waals surface area contributed by atoms with E-state index in [1.165, 1.54) is 0 Å². The van der Waals surface area contributed by atoms with Gasteiger partial charge in [0.05, 0.1) is 15.7 Å². The lowest BCUT2D eigenvalue weighted by Gasteiger charge is -2.03. The predicted molar refractivity (Wildman–Crippen MR) is 62.0 cm³/mol. The number of rotatable bonds is 1. The van der Waals surface area contributed by atoms with Gasteiger partial charge in [0.1, 0.15) is 5.82 Å². The fourth-order valence-electron chi connectivity index (χ4n) is 1.08. The first-order chi connectivity index (χ1) is 6.68. The average molecular weight is 245 g/mol. The average Bonchev–Trinajstić information content (AvgIpc) is 2.64. The summed E-state index contributed by atoms with van der Waals surface area (Å²) in [7, 11) is 0. The molecular weight excluding hydrogens is 239 g/mol. The number of pyridine rings is 1. The smallest absolute Gasteiger partial charge is 0.143 e. The van der Waals surface area contributed by atoms with E-state index in [0.717, 1.165) is 5.56 Å². The van der Waals surface area contributed by atoms with Crippen LogP contribution in [0.25, 0.3) is 11.3 Å². The number of nitrogens with two attached hydrogens (primary N) is 1. The normalized spacial score (nSPS) is 10.4. The number of hydrogen-bond donors (Lipinski definition) is 1. The summed E-state index contributed by atoms with van der Waals surface area (Å²) >= 11 is 13.4. The Morgan fingerprint density at radius 3 is 2.71 bits per heavy atom. The van der Waals surface area contributed by atoms with Crippen molar-refractivity contribution in [2.75, 3.05) is 5.73 Å². The summed E-state index contributed by atoms with van der Waals surface area (Å²) in [6.07, 6.45) is 0. The lowest BCUT2D eigenvalue weighted by molar-refractivity contribution is 1.34. The number of nitrogens with zero attached hydrogens (tertiary/aromatic N) is 1. The number of halogens is 2. The van der Waals surface area contributed by atoms with E-state index in [1.807, 2.05) is 16.8 Å². The molecule has 0 aliphatic heterocycles. The van der Waals surface area contributed by atoms with Crippen molar-refractivity contribution in [1.82, 2.24) is 4.98 Å². The molecule has 0 fully saturated rings. The molecule has 0 unspecified atom stereocenters. The van der Waals surface area contributed by atoms with Gasteiger partial charge in [0.2, 0.25) is 0 Å². The predicted octanol–water partition coefficient (Wildman–Crippen LogP) is 3.70. The minimum Gasteiger partial charge on any atom is -0.382 e. The Morgan fingerprint density at radius 1 is 1.29 bits per heavy atom. The number of nitrogen functional groups attached to an aromatic ring is 1. The summed E-state index contributed by atoms with van der Waals surface area (Å²) < 4.78 is 0.